The smallest absolute Gasteiger partial charge is 0.274 e. The van der Waals surface area contributed by atoms with Crippen molar-refractivity contribution in [1.82, 2.24) is 5.43 Å². The maximum absolute atomic E-state index is 11.7. The van der Waals surface area contributed by atoms with E-state index in [1.807, 2.05) is 6.92 Å². The van der Waals surface area contributed by atoms with Crippen molar-refractivity contribution >= 4 is 11.6 Å². The molecule has 1 N–H and O–H groups in total. The minimum Gasteiger partial charge on any atom is -0.469 e. The zero-order valence-corrected chi connectivity index (χ0v) is 10.9. The lowest BCUT2D eigenvalue weighted by Crippen LogP contribution is -2.19. The molecule has 0 saturated carbocycles. The minimum atomic E-state index is -0.222. The molecule has 0 fully saturated rings. The van der Waals surface area contributed by atoms with Crippen molar-refractivity contribution in [3.63, 3.8) is 0 Å². The summed E-state index contributed by atoms with van der Waals surface area (Å²) in [5.41, 5.74) is 4.01. The van der Waals surface area contributed by atoms with Crippen LogP contribution in [-0.4, -0.2) is 11.6 Å². The molecule has 1 amide bonds. The van der Waals surface area contributed by atoms with E-state index in [9.17, 15) is 4.79 Å². The Balaban J connectivity index is 2.47. The highest BCUT2D eigenvalue weighted by Gasteiger charge is 2.10. The van der Waals surface area contributed by atoms with Crippen LogP contribution in [0.25, 0.3) is 0 Å². The van der Waals surface area contributed by atoms with Gasteiger partial charge in [0.25, 0.3) is 5.91 Å². The van der Waals surface area contributed by atoms with Crippen molar-refractivity contribution < 1.29 is 9.21 Å². The fourth-order valence-corrected chi connectivity index (χ4v) is 1.38. The molecule has 1 aromatic heterocycles. The Labute approximate surface area is 102 Å². The number of hydrogen-bond donors (Lipinski definition) is 1. The average Bonchev–Trinajstić information content (AvgIpc) is 2.69. The van der Waals surface area contributed by atoms with E-state index >= 15 is 0 Å². The first-order valence-electron chi connectivity index (χ1n) is 5.88. The van der Waals surface area contributed by atoms with Crippen molar-refractivity contribution in [3.05, 3.63) is 23.7 Å². The Kier molecular flexibility index (Phi) is 4.94. The van der Waals surface area contributed by atoms with Crippen LogP contribution in [0.15, 0.2) is 21.8 Å². The molecule has 1 aromatic rings. The summed E-state index contributed by atoms with van der Waals surface area (Å²) in [6.07, 6.45) is 3.48. The SMILES string of the molecule is C/C(CCC(C)C)=N/NC(=O)c1ccoc1C. The van der Waals surface area contributed by atoms with Crippen molar-refractivity contribution in [1.29, 1.82) is 0 Å². The molecule has 0 unspecified atom stereocenters. The third kappa shape index (κ3) is 4.43. The quantitative estimate of drug-likeness (QED) is 0.630. The molecule has 0 aliphatic rings. The number of furan rings is 1. The molecule has 0 aliphatic carbocycles. The zero-order chi connectivity index (χ0) is 12.8. The molecule has 0 aliphatic heterocycles. The molecule has 1 rings (SSSR count). The van der Waals surface area contributed by atoms with Crippen LogP contribution in [0.1, 0.15) is 49.7 Å². The number of nitrogens with zero attached hydrogens (tertiary/aromatic N) is 1. The second-order valence-corrected chi connectivity index (χ2v) is 4.61. The van der Waals surface area contributed by atoms with Crippen LogP contribution in [0, 0.1) is 12.8 Å². The van der Waals surface area contributed by atoms with E-state index in [2.05, 4.69) is 24.4 Å². The van der Waals surface area contributed by atoms with Gasteiger partial charge in [-0.15, -0.1) is 0 Å². The topological polar surface area (TPSA) is 54.6 Å². The molecule has 0 saturated heterocycles. The summed E-state index contributed by atoms with van der Waals surface area (Å²) in [6.45, 7) is 8.01. The Morgan fingerprint density at radius 3 is 2.76 bits per heavy atom. The predicted octanol–water partition coefficient (Wildman–Crippen LogP) is 3.13. The second kappa shape index (κ2) is 6.23. The minimum absolute atomic E-state index is 0.222. The third-order valence-corrected chi connectivity index (χ3v) is 2.54. The number of hydrazone groups is 1. The zero-order valence-electron chi connectivity index (χ0n) is 10.9. The van der Waals surface area contributed by atoms with Gasteiger partial charge in [-0.3, -0.25) is 4.79 Å². The maximum Gasteiger partial charge on any atom is 0.274 e. The normalized spacial score (nSPS) is 11.9. The molecule has 4 nitrogen and oxygen atoms in total. The Hall–Kier alpha value is -1.58. The fraction of sp³-hybridized carbons (Fsp3) is 0.538. The lowest BCUT2D eigenvalue weighted by molar-refractivity contribution is 0.0953. The van der Waals surface area contributed by atoms with E-state index in [-0.39, 0.29) is 5.91 Å². The Morgan fingerprint density at radius 1 is 1.53 bits per heavy atom. The first-order valence-corrected chi connectivity index (χ1v) is 5.88. The summed E-state index contributed by atoms with van der Waals surface area (Å²) < 4.78 is 5.06. The van der Waals surface area contributed by atoms with Crippen LogP contribution in [0.2, 0.25) is 0 Å². The Bertz CT molecular complexity index is 405. The summed E-state index contributed by atoms with van der Waals surface area (Å²) in [6, 6.07) is 1.64. The molecule has 0 aromatic carbocycles. The Morgan fingerprint density at radius 2 is 2.24 bits per heavy atom. The highest BCUT2D eigenvalue weighted by Crippen LogP contribution is 2.08. The summed E-state index contributed by atoms with van der Waals surface area (Å²) >= 11 is 0. The van der Waals surface area contributed by atoms with Gasteiger partial charge < -0.3 is 4.42 Å². The number of nitrogens with one attached hydrogen (secondary N) is 1. The summed E-state index contributed by atoms with van der Waals surface area (Å²) in [7, 11) is 0. The monoisotopic (exact) mass is 236 g/mol. The molecular formula is C13H20N2O2. The van der Waals surface area contributed by atoms with E-state index in [4.69, 9.17) is 4.42 Å². The molecule has 4 heteroatoms. The number of carbonyl (C=O) groups is 1. The van der Waals surface area contributed by atoms with E-state index < -0.39 is 0 Å². The van der Waals surface area contributed by atoms with Gasteiger partial charge in [-0.1, -0.05) is 13.8 Å². The van der Waals surface area contributed by atoms with Gasteiger partial charge in [-0.05, 0) is 38.7 Å². The number of carbonyl (C=O) groups excluding carboxylic acids is 1. The van der Waals surface area contributed by atoms with Gasteiger partial charge in [0.15, 0.2) is 0 Å². The number of aryl methyl sites for hydroxylation is 1. The van der Waals surface area contributed by atoms with E-state index in [1.165, 1.54) is 6.26 Å². The van der Waals surface area contributed by atoms with Crippen LogP contribution >= 0.6 is 0 Å². The first-order chi connectivity index (χ1) is 8.00. The maximum atomic E-state index is 11.7. The molecule has 0 atom stereocenters. The van der Waals surface area contributed by atoms with Crippen LogP contribution < -0.4 is 5.43 Å². The summed E-state index contributed by atoms with van der Waals surface area (Å²) in [4.78, 5) is 11.7. The number of amides is 1. The fourth-order valence-electron chi connectivity index (χ4n) is 1.38. The van der Waals surface area contributed by atoms with E-state index in [1.54, 1.807) is 13.0 Å². The van der Waals surface area contributed by atoms with Crippen LogP contribution in [0.4, 0.5) is 0 Å². The second-order valence-electron chi connectivity index (χ2n) is 4.61. The summed E-state index contributed by atoms with van der Waals surface area (Å²) in [5.74, 6) is 1.03. The predicted molar refractivity (Wildman–Crippen MR) is 68.1 cm³/mol. The van der Waals surface area contributed by atoms with Gasteiger partial charge in [-0.25, -0.2) is 5.43 Å². The number of rotatable bonds is 5. The van der Waals surface area contributed by atoms with Crippen LogP contribution in [-0.2, 0) is 0 Å². The van der Waals surface area contributed by atoms with Gasteiger partial charge >= 0.3 is 0 Å². The van der Waals surface area contributed by atoms with Crippen molar-refractivity contribution in [2.24, 2.45) is 11.0 Å². The van der Waals surface area contributed by atoms with Gasteiger partial charge in [0.1, 0.15) is 5.76 Å². The molecule has 0 bridgehead atoms. The number of hydrogen-bond acceptors (Lipinski definition) is 3. The molecule has 94 valence electrons. The van der Waals surface area contributed by atoms with Gasteiger partial charge in [0.2, 0.25) is 0 Å². The highest BCUT2D eigenvalue weighted by molar-refractivity contribution is 5.95. The average molecular weight is 236 g/mol. The lowest BCUT2D eigenvalue weighted by atomic mass is 10.1. The van der Waals surface area contributed by atoms with Crippen molar-refractivity contribution in [3.8, 4) is 0 Å². The molecule has 1 heterocycles. The molecule has 0 spiro atoms. The molecule has 0 radical (unpaired) electrons. The van der Waals surface area contributed by atoms with Gasteiger partial charge in [-0.2, -0.15) is 5.10 Å². The van der Waals surface area contributed by atoms with E-state index in [0.29, 0.717) is 17.2 Å². The van der Waals surface area contributed by atoms with Crippen LogP contribution in [0.3, 0.4) is 0 Å². The van der Waals surface area contributed by atoms with Crippen LogP contribution in [0.5, 0.6) is 0 Å². The molecular weight excluding hydrogens is 216 g/mol. The third-order valence-electron chi connectivity index (χ3n) is 2.54. The lowest BCUT2D eigenvalue weighted by Gasteiger charge is -2.04. The van der Waals surface area contributed by atoms with Gasteiger partial charge in [0, 0.05) is 5.71 Å². The van der Waals surface area contributed by atoms with Crippen molar-refractivity contribution in [2.45, 2.75) is 40.5 Å². The molecule has 17 heavy (non-hydrogen) atoms. The summed E-state index contributed by atoms with van der Waals surface area (Å²) in [5, 5.41) is 4.07. The first kappa shape index (κ1) is 13.5. The largest absolute Gasteiger partial charge is 0.469 e. The highest BCUT2D eigenvalue weighted by atomic mass is 16.3. The van der Waals surface area contributed by atoms with E-state index in [0.717, 1.165) is 18.6 Å². The van der Waals surface area contributed by atoms with Gasteiger partial charge in [0.05, 0.1) is 11.8 Å². The van der Waals surface area contributed by atoms with Crippen molar-refractivity contribution in [2.75, 3.05) is 0 Å². The standard InChI is InChI=1S/C13H20N2O2/c1-9(2)5-6-10(3)14-15-13(16)12-7-8-17-11(12)4/h7-9H,5-6H2,1-4H3,(H,15,16)/b14-10-.